The first kappa shape index (κ1) is 37.9. The molecule has 3 aromatic rings. The monoisotopic (exact) mass is 683 g/mol. The van der Waals surface area contributed by atoms with Crippen LogP contribution in [0.1, 0.15) is 55.2 Å². The highest BCUT2D eigenvalue weighted by Crippen LogP contribution is 2.19. The SMILES string of the molecule is O=C(C[C@H]1CC=CC[C@@H](Cc2ccccc2)C(=O)OC[C@H](CCCCNC(=O)OCc2ccccc2)NC1=O)N[C@@H](CO)Cc1ccccc1. The number of esters is 1. The fourth-order valence-electron chi connectivity index (χ4n) is 5.83. The van der Waals surface area contributed by atoms with Crippen LogP contribution < -0.4 is 16.0 Å². The number of aliphatic hydroxyl groups is 1. The summed E-state index contributed by atoms with van der Waals surface area (Å²) in [7, 11) is 0. The molecule has 0 radical (unpaired) electrons. The van der Waals surface area contributed by atoms with E-state index in [1.54, 1.807) is 0 Å². The lowest BCUT2D eigenvalue weighted by molar-refractivity contribution is -0.150. The van der Waals surface area contributed by atoms with Crippen molar-refractivity contribution >= 4 is 23.9 Å². The summed E-state index contributed by atoms with van der Waals surface area (Å²) in [5.74, 6) is -2.02. The Morgan fingerprint density at radius 2 is 1.46 bits per heavy atom. The molecule has 0 unspecified atom stereocenters. The van der Waals surface area contributed by atoms with E-state index in [4.69, 9.17) is 9.47 Å². The number of ether oxygens (including phenoxy) is 2. The molecule has 4 atom stereocenters. The zero-order chi connectivity index (χ0) is 35.4. The van der Waals surface area contributed by atoms with E-state index < -0.39 is 30.0 Å². The van der Waals surface area contributed by atoms with Crippen LogP contribution in [0.2, 0.25) is 0 Å². The predicted octanol–water partition coefficient (Wildman–Crippen LogP) is 5.05. The molecule has 1 aliphatic heterocycles. The minimum absolute atomic E-state index is 0.00526. The van der Waals surface area contributed by atoms with Crippen molar-refractivity contribution < 1.29 is 33.8 Å². The van der Waals surface area contributed by atoms with E-state index in [1.165, 1.54) is 0 Å². The maximum Gasteiger partial charge on any atom is 0.407 e. The third-order valence-electron chi connectivity index (χ3n) is 8.61. The number of alkyl carbamates (subject to hydrolysis) is 1. The normalized spacial score (nSPS) is 18.8. The molecule has 0 aliphatic carbocycles. The maximum atomic E-state index is 13.6. The molecule has 0 fully saturated rings. The van der Waals surface area contributed by atoms with Gasteiger partial charge in [0.1, 0.15) is 13.2 Å². The van der Waals surface area contributed by atoms with Crippen LogP contribution >= 0.6 is 0 Å². The number of amides is 3. The average molecular weight is 684 g/mol. The van der Waals surface area contributed by atoms with E-state index in [-0.39, 0.29) is 44.0 Å². The van der Waals surface area contributed by atoms with Crippen LogP contribution in [0.5, 0.6) is 0 Å². The Hall–Kier alpha value is -4.96. The van der Waals surface area contributed by atoms with Crippen LogP contribution in [0.4, 0.5) is 4.79 Å². The number of hydrogen-bond acceptors (Lipinski definition) is 7. The van der Waals surface area contributed by atoms with Crippen LogP contribution in [0.25, 0.3) is 0 Å². The molecular formula is C40H49N3O7. The smallest absolute Gasteiger partial charge is 0.407 e. The quantitative estimate of drug-likeness (QED) is 0.0998. The number of allylic oxidation sites excluding steroid dienone is 2. The first-order valence-corrected chi connectivity index (χ1v) is 17.4. The molecular weight excluding hydrogens is 634 g/mol. The van der Waals surface area contributed by atoms with E-state index in [9.17, 15) is 24.3 Å². The Kier molecular flexibility index (Phi) is 16.0. The van der Waals surface area contributed by atoms with Gasteiger partial charge in [-0.15, -0.1) is 0 Å². The van der Waals surface area contributed by atoms with Crippen molar-refractivity contribution in [2.75, 3.05) is 19.8 Å². The van der Waals surface area contributed by atoms with Crippen molar-refractivity contribution in [2.24, 2.45) is 11.8 Å². The highest BCUT2D eigenvalue weighted by molar-refractivity contribution is 5.86. The third kappa shape index (κ3) is 13.9. The number of nitrogens with one attached hydrogen (secondary N) is 3. The summed E-state index contributed by atoms with van der Waals surface area (Å²) in [5, 5.41) is 18.6. The fourth-order valence-corrected chi connectivity index (χ4v) is 5.83. The molecule has 0 saturated heterocycles. The number of carbonyl (C=O) groups excluding carboxylic acids is 4. The molecule has 266 valence electrons. The van der Waals surface area contributed by atoms with Gasteiger partial charge in [-0.25, -0.2) is 4.79 Å². The first-order valence-electron chi connectivity index (χ1n) is 17.4. The minimum atomic E-state index is -0.659. The van der Waals surface area contributed by atoms with Gasteiger partial charge in [-0.3, -0.25) is 14.4 Å². The van der Waals surface area contributed by atoms with Gasteiger partial charge in [0.25, 0.3) is 0 Å². The fraction of sp³-hybridized carbons (Fsp3) is 0.400. The lowest BCUT2D eigenvalue weighted by Crippen LogP contribution is -2.45. The van der Waals surface area contributed by atoms with Gasteiger partial charge in [0.05, 0.1) is 30.5 Å². The summed E-state index contributed by atoms with van der Waals surface area (Å²) in [5.41, 5.74) is 2.91. The molecule has 1 aliphatic rings. The van der Waals surface area contributed by atoms with Crippen LogP contribution in [-0.2, 0) is 43.3 Å². The molecule has 0 saturated carbocycles. The van der Waals surface area contributed by atoms with Gasteiger partial charge in [-0.2, -0.15) is 0 Å². The molecule has 3 amide bonds. The van der Waals surface area contributed by atoms with E-state index in [1.807, 2.05) is 103 Å². The first-order chi connectivity index (χ1) is 24.4. The van der Waals surface area contributed by atoms with Gasteiger partial charge in [0.15, 0.2) is 0 Å². The summed E-state index contributed by atoms with van der Waals surface area (Å²) in [6, 6.07) is 27.8. The number of benzene rings is 3. The van der Waals surface area contributed by atoms with Crippen LogP contribution in [0.15, 0.2) is 103 Å². The van der Waals surface area contributed by atoms with E-state index in [0.29, 0.717) is 51.5 Å². The topological polar surface area (TPSA) is 143 Å². The number of hydrogen-bond donors (Lipinski definition) is 4. The molecule has 4 N–H and O–H groups in total. The van der Waals surface area contributed by atoms with Crippen LogP contribution in [0.3, 0.4) is 0 Å². The second kappa shape index (κ2) is 21.2. The van der Waals surface area contributed by atoms with Crippen molar-refractivity contribution in [1.82, 2.24) is 16.0 Å². The molecule has 0 bridgehead atoms. The van der Waals surface area contributed by atoms with Crippen molar-refractivity contribution in [2.45, 2.75) is 70.1 Å². The van der Waals surface area contributed by atoms with Gasteiger partial charge in [0.2, 0.25) is 11.8 Å². The Bertz CT molecular complexity index is 1500. The third-order valence-corrected chi connectivity index (χ3v) is 8.61. The summed E-state index contributed by atoms with van der Waals surface area (Å²) >= 11 is 0. The highest BCUT2D eigenvalue weighted by atomic mass is 16.5. The summed E-state index contributed by atoms with van der Waals surface area (Å²) in [4.78, 5) is 52.1. The second-order valence-electron chi connectivity index (χ2n) is 12.7. The van der Waals surface area contributed by atoms with Crippen molar-refractivity contribution in [3.8, 4) is 0 Å². The van der Waals surface area contributed by atoms with Crippen molar-refractivity contribution in [3.63, 3.8) is 0 Å². The highest BCUT2D eigenvalue weighted by Gasteiger charge is 2.27. The van der Waals surface area contributed by atoms with Crippen molar-refractivity contribution in [3.05, 3.63) is 120 Å². The Labute approximate surface area is 294 Å². The Morgan fingerprint density at radius 3 is 2.12 bits per heavy atom. The lowest BCUT2D eigenvalue weighted by Gasteiger charge is -2.25. The maximum absolute atomic E-state index is 13.6. The largest absolute Gasteiger partial charge is 0.463 e. The van der Waals surface area contributed by atoms with E-state index >= 15 is 0 Å². The summed E-state index contributed by atoms with van der Waals surface area (Å²) < 4.78 is 11.1. The zero-order valence-corrected chi connectivity index (χ0v) is 28.5. The molecule has 0 aromatic heterocycles. The summed E-state index contributed by atoms with van der Waals surface area (Å²) in [6.07, 6.45) is 6.67. The second-order valence-corrected chi connectivity index (χ2v) is 12.7. The predicted molar refractivity (Wildman–Crippen MR) is 191 cm³/mol. The summed E-state index contributed by atoms with van der Waals surface area (Å²) in [6.45, 7) is 0.331. The van der Waals surface area contributed by atoms with Crippen LogP contribution in [-0.4, -0.2) is 60.8 Å². The van der Waals surface area contributed by atoms with Crippen molar-refractivity contribution in [1.29, 1.82) is 0 Å². The van der Waals surface area contributed by atoms with Gasteiger partial charge < -0.3 is 30.5 Å². The lowest BCUT2D eigenvalue weighted by atomic mass is 9.94. The number of carbonyl (C=O) groups is 4. The Balaban J connectivity index is 1.35. The van der Waals surface area contributed by atoms with Gasteiger partial charge in [-0.1, -0.05) is 103 Å². The Morgan fingerprint density at radius 1 is 0.840 bits per heavy atom. The number of rotatable bonds is 15. The van der Waals surface area contributed by atoms with E-state index in [0.717, 1.165) is 16.7 Å². The van der Waals surface area contributed by atoms with Gasteiger partial charge in [0, 0.05) is 13.0 Å². The zero-order valence-electron chi connectivity index (χ0n) is 28.5. The average Bonchev–Trinajstić information content (AvgIpc) is 3.13. The molecule has 3 aromatic carbocycles. The minimum Gasteiger partial charge on any atom is -0.463 e. The standard InChI is InChI=1S/C40H49N3O7/c44-27-36(25-31-16-6-2-7-17-31)42-37(45)26-33-20-10-11-21-34(24-30-14-4-1-5-15-30)39(47)49-29-35(43-38(33)46)22-12-13-23-41-40(48)50-28-32-18-8-3-9-19-32/h1-11,14-19,33-36,44H,12-13,20-29H2,(H,41,48)(H,42,45)(H,43,46)/t33-,34+,35+,36-/m1/s1. The molecule has 10 nitrogen and oxygen atoms in total. The van der Waals surface area contributed by atoms with Gasteiger partial charge in [-0.05, 0) is 61.6 Å². The van der Waals surface area contributed by atoms with Gasteiger partial charge >= 0.3 is 12.1 Å². The molecule has 0 spiro atoms. The number of aliphatic hydroxyl groups excluding tert-OH is 1. The molecule has 10 heteroatoms. The van der Waals surface area contributed by atoms with Crippen LogP contribution in [0, 0.1) is 11.8 Å². The molecule has 4 rings (SSSR count). The van der Waals surface area contributed by atoms with E-state index in [2.05, 4.69) is 16.0 Å². The molecule has 1 heterocycles. The number of cyclic esters (lactones) is 1. The number of unbranched alkanes of at least 4 members (excludes halogenated alkanes) is 1. The molecule has 50 heavy (non-hydrogen) atoms.